The zero-order chi connectivity index (χ0) is 17.5. The topological polar surface area (TPSA) is 45.2 Å². The van der Waals surface area contributed by atoms with E-state index in [2.05, 4.69) is 10.3 Å². The zero-order valence-electron chi connectivity index (χ0n) is 15.5. The van der Waals surface area contributed by atoms with E-state index in [9.17, 15) is 4.79 Å². The first-order valence-electron chi connectivity index (χ1n) is 8.89. The average molecular weight is 428 g/mol. The normalized spacial score (nSPS) is 14.2. The lowest BCUT2D eigenvalue weighted by Gasteiger charge is -2.32. The predicted molar refractivity (Wildman–Crippen MR) is 116 cm³/mol. The Hall–Kier alpha value is -1.27. The first-order valence-corrected chi connectivity index (χ1v) is 9.71. The fraction of sp³-hybridized carbons (Fsp3) is 0.400. The Labute approximate surface area is 178 Å². The summed E-state index contributed by atoms with van der Waals surface area (Å²) in [5, 5.41) is 4.17. The molecule has 0 bridgehead atoms. The van der Waals surface area contributed by atoms with E-state index >= 15 is 0 Å². The van der Waals surface area contributed by atoms with E-state index in [0.717, 1.165) is 53.9 Å². The average Bonchev–Trinajstić information content (AvgIpc) is 2.68. The second-order valence-electron chi connectivity index (χ2n) is 6.42. The van der Waals surface area contributed by atoms with Crippen molar-refractivity contribution in [2.24, 2.45) is 5.92 Å². The highest BCUT2D eigenvalue weighted by Crippen LogP contribution is 2.26. The van der Waals surface area contributed by atoms with Gasteiger partial charge in [-0.05, 0) is 75.2 Å². The molecular formula is C20H27Cl2N3OS. The first kappa shape index (κ1) is 23.8. The minimum Gasteiger partial charge on any atom is -0.339 e. The van der Waals surface area contributed by atoms with Gasteiger partial charge in [0.2, 0.25) is 0 Å². The van der Waals surface area contributed by atoms with Crippen LogP contribution in [0.2, 0.25) is 0 Å². The van der Waals surface area contributed by atoms with Gasteiger partial charge in [0.25, 0.3) is 5.91 Å². The SMILES string of the molecule is CNCCC1CCN(C(=O)c2ccc(Sc3ccccn3)cc2)CC1.Cl.Cl. The van der Waals surface area contributed by atoms with Crippen LogP contribution in [-0.4, -0.2) is 42.5 Å². The standard InChI is InChI=1S/C20H25N3OS.2ClH/c1-21-13-9-16-10-14-23(15-11-16)20(24)17-5-7-18(8-6-17)25-19-4-2-3-12-22-19;;/h2-8,12,16,21H,9-11,13-15H2,1H3;2*1H. The summed E-state index contributed by atoms with van der Waals surface area (Å²) in [6.07, 6.45) is 5.22. The monoisotopic (exact) mass is 427 g/mol. The Bertz CT molecular complexity index is 677. The molecule has 2 aromatic rings. The lowest BCUT2D eigenvalue weighted by atomic mass is 9.93. The fourth-order valence-electron chi connectivity index (χ4n) is 3.15. The minimum absolute atomic E-state index is 0. The van der Waals surface area contributed by atoms with Gasteiger partial charge in [0.05, 0.1) is 0 Å². The maximum atomic E-state index is 12.7. The summed E-state index contributed by atoms with van der Waals surface area (Å²) in [4.78, 5) is 20.1. The molecule has 1 saturated heterocycles. The van der Waals surface area contributed by atoms with Crippen LogP contribution in [0.15, 0.2) is 58.6 Å². The van der Waals surface area contributed by atoms with E-state index in [1.165, 1.54) is 6.42 Å². The van der Waals surface area contributed by atoms with Gasteiger partial charge in [0, 0.05) is 29.7 Å². The van der Waals surface area contributed by atoms with Crippen LogP contribution in [0.5, 0.6) is 0 Å². The number of aromatic nitrogens is 1. The van der Waals surface area contributed by atoms with Gasteiger partial charge in [-0.15, -0.1) is 24.8 Å². The van der Waals surface area contributed by atoms with Gasteiger partial charge in [-0.3, -0.25) is 4.79 Å². The molecule has 0 atom stereocenters. The summed E-state index contributed by atoms with van der Waals surface area (Å²) < 4.78 is 0. The van der Waals surface area contributed by atoms with Crippen LogP contribution in [0.3, 0.4) is 0 Å². The predicted octanol–water partition coefficient (Wildman–Crippen LogP) is 4.54. The number of carbonyl (C=O) groups is 1. The molecule has 7 heteroatoms. The van der Waals surface area contributed by atoms with Gasteiger partial charge in [-0.2, -0.15) is 0 Å². The number of rotatable bonds is 6. The highest BCUT2D eigenvalue weighted by Gasteiger charge is 2.23. The van der Waals surface area contributed by atoms with Gasteiger partial charge in [-0.25, -0.2) is 4.98 Å². The number of hydrogen-bond donors (Lipinski definition) is 1. The number of benzene rings is 1. The molecule has 4 nitrogen and oxygen atoms in total. The van der Waals surface area contributed by atoms with Crippen LogP contribution in [0.25, 0.3) is 0 Å². The molecule has 1 aromatic carbocycles. The maximum absolute atomic E-state index is 12.7. The van der Waals surface area contributed by atoms with E-state index in [0.29, 0.717) is 0 Å². The van der Waals surface area contributed by atoms with Crippen molar-refractivity contribution in [1.29, 1.82) is 0 Å². The smallest absolute Gasteiger partial charge is 0.253 e. The van der Waals surface area contributed by atoms with E-state index in [-0.39, 0.29) is 30.7 Å². The Kier molecular flexibility index (Phi) is 10.8. The zero-order valence-corrected chi connectivity index (χ0v) is 17.9. The number of nitrogens with zero attached hydrogens (tertiary/aromatic N) is 2. The summed E-state index contributed by atoms with van der Waals surface area (Å²) in [5.74, 6) is 0.898. The van der Waals surface area contributed by atoms with Crippen molar-refractivity contribution in [2.75, 3.05) is 26.7 Å². The summed E-state index contributed by atoms with van der Waals surface area (Å²) >= 11 is 1.61. The van der Waals surface area contributed by atoms with Crippen molar-refractivity contribution in [3.05, 3.63) is 54.2 Å². The molecule has 0 unspecified atom stereocenters. The molecule has 1 aromatic heterocycles. The Balaban J connectivity index is 0.00000182. The van der Waals surface area contributed by atoms with Crippen molar-refractivity contribution < 1.29 is 4.79 Å². The molecule has 1 aliphatic heterocycles. The van der Waals surface area contributed by atoms with Crippen LogP contribution in [0, 0.1) is 5.92 Å². The molecule has 1 N–H and O–H groups in total. The van der Waals surface area contributed by atoms with Crippen LogP contribution >= 0.6 is 36.6 Å². The molecule has 1 aliphatic rings. The van der Waals surface area contributed by atoms with Crippen LogP contribution in [0.1, 0.15) is 29.6 Å². The molecule has 3 rings (SSSR count). The van der Waals surface area contributed by atoms with E-state index in [1.54, 1.807) is 18.0 Å². The van der Waals surface area contributed by atoms with Crippen LogP contribution in [0.4, 0.5) is 0 Å². The van der Waals surface area contributed by atoms with Gasteiger partial charge in [0.15, 0.2) is 0 Å². The molecule has 27 heavy (non-hydrogen) atoms. The second kappa shape index (κ2) is 12.2. The third-order valence-corrected chi connectivity index (χ3v) is 5.62. The number of nitrogens with one attached hydrogen (secondary N) is 1. The Morgan fingerprint density at radius 1 is 1.15 bits per heavy atom. The highest BCUT2D eigenvalue weighted by molar-refractivity contribution is 7.99. The van der Waals surface area contributed by atoms with Crippen LogP contribution in [-0.2, 0) is 0 Å². The fourth-order valence-corrected chi connectivity index (χ4v) is 3.92. The summed E-state index contributed by atoms with van der Waals surface area (Å²) in [6, 6.07) is 13.8. The van der Waals surface area contributed by atoms with Crippen LogP contribution < -0.4 is 5.32 Å². The molecular weight excluding hydrogens is 401 g/mol. The van der Waals surface area contributed by atoms with Gasteiger partial charge < -0.3 is 10.2 Å². The molecule has 0 spiro atoms. The van der Waals surface area contributed by atoms with Gasteiger partial charge in [0.1, 0.15) is 5.03 Å². The first-order chi connectivity index (χ1) is 12.3. The van der Waals surface area contributed by atoms with E-state index in [1.807, 2.05) is 54.4 Å². The maximum Gasteiger partial charge on any atom is 0.253 e. The molecule has 0 aliphatic carbocycles. The van der Waals surface area contributed by atoms with Crippen molar-refractivity contribution >= 4 is 42.5 Å². The van der Waals surface area contributed by atoms with Crippen molar-refractivity contribution in [1.82, 2.24) is 15.2 Å². The quantitative estimate of drug-likeness (QED) is 0.734. The second-order valence-corrected chi connectivity index (χ2v) is 7.52. The molecule has 1 fully saturated rings. The number of pyridine rings is 1. The van der Waals surface area contributed by atoms with Gasteiger partial charge >= 0.3 is 0 Å². The number of hydrogen-bond acceptors (Lipinski definition) is 4. The highest BCUT2D eigenvalue weighted by atomic mass is 35.5. The molecule has 148 valence electrons. The molecule has 0 saturated carbocycles. The number of likely N-dealkylation sites (tertiary alicyclic amines) is 1. The largest absolute Gasteiger partial charge is 0.339 e. The number of amides is 1. The van der Waals surface area contributed by atoms with Crippen molar-refractivity contribution in [3.8, 4) is 0 Å². The van der Waals surface area contributed by atoms with Gasteiger partial charge in [-0.1, -0.05) is 17.8 Å². The number of carbonyl (C=O) groups excluding carboxylic acids is 1. The molecule has 0 radical (unpaired) electrons. The lowest BCUT2D eigenvalue weighted by Crippen LogP contribution is -2.38. The third kappa shape index (κ3) is 7.00. The Morgan fingerprint density at radius 2 is 1.85 bits per heavy atom. The van der Waals surface area contributed by atoms with Crippen molar-refractivity contribution in [3.63, 3.8) is 0 Å². The third-order valence-electron chi connectivity index (χ3n) is 4.67. The molecule has 1 amide bonds. The lowest BCUT2D eigenvalue weighted by molar-refractivity contribution is 0.0687. The Morgan fingerprint density at radius 3 is 2.44 bits per heavy atom. The van der Waals surface area contributed by atoms with Crippen molar-refractivity contribution in [2.45, 2.75) is 29.2 Å². The molecule has 2 heterocycles. The minimum atomic E-state index is 0. The number of piperidine rings is 1. The summed E-state index contributed by atoms with van der Waals surface area (Å²) in [6.45, 7) is 2.81. The van der Waals surface area contributed by atoms with E-state index < -0.39 is 0 Å². The summed E-state index contributed by atoms with van der Waals surface area (Å²) in [5.41, 5.74) is 0.777. The van der Waals surface area contributed by atoms with E-state index in [4.69, 9.17) is 0 Å². The number of halogens is 2. The summed E-state index contributed by atoms with van der Waals surface area (Å²) in [7, 11) is 1.99.